The average molecular weight is 411 g/mol. The lowest BCUT2D eigenvalue weighted by Crippen LogP contribution is -2.19. The van der Waals surface area contributed by atoms with Crippen LogP contribution in [0.5, 0.6) is 0 Å². The molecule has 0 fully saturated rings. The summed E-state index contributed by atoms with van der Waals surface area (Å²) in [5, 5.41) is 14.2. The van der Waals surface area contributed by atoms with E-state index in [1.54, 1.807) is 6.20 Å². The molecule has 2 aromatic rings. The molecule has 110 valence electrons. The molecule has 1 aromatic carbocycles. The van der Waals surface area contributed by atoms with Crippen molar-refractivity contribution in [2.45, 2.75) is 0 Å². The van der Waals surface area contributed by atoms with Crippen LogP contribution in [-0.2, 0) is 0 Å². The maximum atomic E-state index is 11.8. The second-order valence-corrected chi connectivity index (χ2v) is 6.89. The van der Waals surface area contributed by atoms with Gasteiger partial charge in [-0.15, -0.1) is 0 Å². The molecule has 0 bridgehead atoms. The zero-order valence-corrected chi connectivity index (χ0v) is 13.9. The number of aromatic carboxylic acids is 1. The minimum Gasteiger partial charge on any atom is -0.478 e. The second-order valence-electron chi connectivity index (χ2n) is 3.67. The smallest absolute Gasteiger partial charge is 0.335 e. The molecule has 21 heavy (non-hydrogen) atoms. The SMILES string of the molecule is O=C(Nc1ncc(Br)s1)Nc1c(Cl)cc(C(=O)O)cc1Cl. The minimum absolute atomic E-state index is 0.0235. The van der Waals surface area contributed by atoms with Gasteiger partial charge in [-0.2, -0.15) is 0 Å². The predicted molar refractivity (Wildman–Crippen MR) is 85.9 cm³/mol. The van der Waals surface area contributed by atoms with E-state index in [0.29, 0.717) is 5.13 Å². The van der Waals surface area contributed by atoms with Gasteiger partial charge in [0.05, 0.1) is 31.3 Å². The molecule has 0 aliphatic rings. The first-order valence-electron chi connectivity index (χ1n) is 5.28. The maximum Gasteiger partial charge on any atom is 0.335 e. The number of halogens is 3. The van der Waals surface area contributed by atoms with E-state index in [4.69, 9.17) is 28.3 Å². The Morgan fingerprint density at radius 3 is 2.33 bits per heavy atom. The number of amides is 2. The molecule has 0 aliphatic carbocycles. The van der Waals surface area contributed by atoms with Crippen molar-refractivity contribution in [2.75, 3.05) is 10.6 Å². The Kier molecular flexibility index (Phi) is 5.04. The molecule has 0 saturated heterocycles. The number of carbonyl (C=O) groups is 2. The van der Waals surface area contributed by atoms with Crippen molar-refractivity contribution >= 4 is 73.3 Å². The summed E-state index contributed by atoms with van der Waals surface area (Å²) in [4.78, 5) is 26.6. The van der Waals surface area contributed by atoms with Crippen molar-refractivity contribution in [3.8, 4) is 0 Å². The third kappa shape index (κ3) is 4.07. The molecule has 0 spiro atoms. The summed E-state index contributed by atoms with van der Waals surface area (Å²) in [6.07, 6.45) is 1.54. The first kappa shape index (κ1) is 16.0. The van der Waals surface area contributed by atoms with Gasteiger partial charge in [0.2, 0.25) is 0 Å². The Morgan fingerprint density at radius 2 is 1.86 bits per heavy atom. The van der Waals surface area contributed by atoms with Crippen molar-refractivity contribution in [2.24, 2.45) is 0 Å². The zero-order valence-electron chi connectivity index (χ0n) is 9.99. The van der Waals surface area contributed by atoms with Crippen LogP contribution in [0.3, 0.4) is 0 Å². The van der Waals surface area contributed by atoms with Gasteiger partial charge in [0.15, 0.2) is 5.13 Å². The van der Waals surface area contributed by atoms with Gasteiger partial charge in [-0.1, -0.05) is 34.5 Å². The highest BCUT2D eigenvalue weighted by molar-refractivity contribution is 9.11. The molecule has 2 amide bonds. The van der Waals surface area contributed by atoms with Crippen LogP contribution in [-0.4, -0.2) is 22.1 Å². The molecule has 0 radical (unpaired) electrons. The van der Waals surface area contributed by atoms with Crippen molar-refractivity contribution in [1.82, 2.24) is 4.98 Å². The summed E-state index contributed by atoms with van der Waals surface area (Å²) in [7, 11) is 0. The number of thiazole rings is 1. The van der Waals surface area contributed by atoms with Gasteiger partial charge in [-0.25, -0.2) is 14.6 Å². The van der Waals surface area contributed by atoms with E-state index in [-0.39, 0.29) is 21.3 Å². The Bertz CT molecular complexity index is 699. The first-order chi connectivity index (χ1) is 9.86. The fourth-order valence-corrected chi connectivity index (χ4v) is 3.05. The topological polar surface area (TPSA) is 91.3 Å². The summed E-state index contributed by atoms with van der Waals surface area (Å²) in [5.74, 6) is -1.16. The predicted octanol–water partition coefficient (Wildman–Crippen LogP) is 4.55. The van der Waals surface area contributed by atoms with E-state index in [0.717, 1.165) is 3.79 Å². The molecule has 1 aromatic heterocycles. The van der Waals surface area contributed by atoms with Crippen LogP contribution in [0.15, 0.2) is 22.1 Å². The zero-order chi connectivity index (χ0) is 15.6. The summed E-state index contributed by atoms with van der Waals surface area (Å²) in [5.41, 5.74) is 0.0521. The standard InChI is InChI=1S/C11H6BrCl2N3O3S/c12-7-3-15-11(21-7)17-10(20)16-8-5(13)1-4(9(18)19)2-6(8)14/h1-3H,(H,18,19)(H2,15,16,17,20). The van der Waals surface area contributed by atoms with Crippen LogP contribution >= 0.6 is 50.5 Å². The summed E-state index contributed by atoms with van der Waals surface area (Å²) >= 11 is 16.3. The lowest BCUT2D eigenvalue weighted by atomic mass is 10.2. The summed E-state index contributed by atoms with van der Waals surface area (Å²) < 4.78 is 0.764. The number of carboxylic acids is 1. The van der Waals surface area contributed by atoms with Gasteiger partial charge in [0.25, 0.3) is 0 Å². The van der Waals surface area contributed by atoms with E-state index < -0.39 is 12.0 Å². The number of nitrogens with zero attached hydrogens (tertiary/aromatic N) is 1. The van der Waals surface area contributed by atoms with Crippen molar-refractivity contribution in [3.05, 3.63) is 37.7 Å². The van der Waals surface area contributed by atoms with E-state index in [1.165, 1.54) is 23.5 Å². The third-order valence-corrected chi connectivity index (χ3v) is 4.21. The number of carbonyl (C=O) groups excluding carboxylic acids is 1. The van der Waals surface area contributed by atoms with Crippen LogP contribution < -0.4 is 10.6 Å². The Labute approximate surface area is 141 Å². The number of carboxylic acid groups (broad SMARTS) is 1. The highest BCUT2D eigenvalue weighted by atomic mass is 79.9. The Balaban J connectivity index is 2.15. The lowest BCUT2D eigenvalue weighted by Gasteiger charge is -2.10. The van der Waals surface area contributed by atoms with Crippen molar-refractivity contribution in [1.29, 1.82) is 0 Å². The van der Waals surface area contributed by atoms with Gasteiger partial charge >= 0.3 is 12.0 Å². The summed E-state index contributed by atoms with van der Waals surface area (Å²) in [6.45, 7) is 0. The number of benzene rings is 1. The highest BCUT2D eigenvalue weighted by Gasteiger charge is 2.15. The molecular formula is C11H6BrCl2N3O3S. The van der Waals surface area contributed by atoms with Crippen molar-refractivity contribution < 1.29 is 14.7 Å². The second kappa shape index (κ2) is 6.61. The number of rotatable bonds is 3. The van der Waals surface area contributed by atoms with E-state index in [1.807, 2.05) is 0 Å². The molecule has 0 saturated carbocycles. The highest BCUT2D eigenvalue weighted by Crippen LogP contribution is 2.32. The van der Waals surface area contributed by atoms with Crippen LogP contribution in [0.2, 0.25) is 10.0 Å². The normalized spacial score (nSPS) is 10.2. The van der Waals surface area contributed by atoms with Gasteiger partial charge in [-0.05, 0) is 28.1 Å². The van der Waals surface area contributed by atoms with E-state index >= 15 is 0 Å². The Hall–Kier alpha value is -1.35. The number of hydrogen-bond donors (Lipinski definition) is 3. The number of urea groups is 1. The number of anilines is 2. The number of hydrogen-bond acceptors (Lipinski definition) is 4. The van der Waals surface area contributed by atoms with Gasteiger partial charge in [-0.3, -0.25) is 5.32 Å². The lowest BCUT2D eigenvalue weighted by molar-refractivity contribution is 0.0697. The molecular weight excluding hydrogens is 405 g/mol. The first-order valence-corrected chi connectivity index (χ1v) is 7.65. The van der Waals surface area contributed by atoms with Crippen molar-refractivity contribution in [3.63, 3.8) is 0 Å². The third-order valence-electron chi connectivity index (χ3n) is 2.23. The van der Waals surface area contributed by atoms with Crippen LogP contribution in [0.1, 0.15) is 10.4 Å². The molecule has 3 N–H and O–H groups in total. The van der Waals surface area contributed by atoms with Crippen LogP contribution in [0.4, 0.5) is 15.6 Å². The fourth-order valence-electron chi connectivity index (χ4n) is 1.37. The molecule has 2 rings (SSSR count). The van der Waals surface area contributed by atoms with E-state index in [2.05, 4.69) is 31.5 Å². The van der Waals surface area contributed by atoms with Crippen LogP contribution in [0.25, 0.3) is 0 Å². The van der Waals surface area contributed by atoms with E-state index in [9.17, 15) is 9.59 Å². The molecule has 10 heteroatoms. The minimum atomic E-state index is -1.16. The molecule has 0 unspecified atom stereocenters. The Morgan fingerprint density at radius 1 is 1.24 bits per heavy atom. The molecule has 0 aliphatic heterocycles. The maximum absolute atomic E-state index is 11.8. The average Bonchev–Trinajstić information content (AvgIpc) is 2.78. The quantitative estimate of drug-likeness (QED) is 0.691. The largest absolute Gasteiger partial charge is 0.478 e. The summed E-state index contributed by atoms with van der Waals surface area (Å²) in [6, 6.07) is 1.81. The van der Waals surface area contributed by atoms with Gasteiger partial charge in [0, 0.05) is 0 Å². The van der Waals surface area contributed by atoms with Crippen LogP contribution in [0, 0.1) is 0 Å². The number of aromatic nitrogens is 1. The molecule has 6 nitrogen and oxygen atoms in total. The number of nitrogens with one attached hydrogen (secondary N) is 2. The van der Waals surface area contributed by atoms with Gasteiger partial charge in [0.1, 0.15) is 0 Å². The molecule has 0 atom stereocenters. The van der Waals surface area contributed by atoms with Gasteiger partial charge < -0.3 is 10.4 Å². The fraction of sp³-hybridized carbons (Fsp3) is 0. The monoisotopic (exact) mass is 409 g/mol. The molecule has 1 heterocycles.